The molecule has 154 valence electrons. The van der Waals surface area contributed by atoms with Crippen LogP contribution in [0, 0.1) is 11.8 Å². The summed E-state index contributed by atoms with van der Waals surface area (Å²) >= 11 is 0. The molecule has 1 amide bonds. The summed E-state index contributed by atoms with van der Waals surface area (Å²) in [6.45, 7) is 2.77. The largest absolute Gasteiger partial charge is 0.389 e. The fourth-order valence-electron chi connectivity index (χ4n) is 4.85. The molecule has 0 spiro atoms. The van der Waals surface area contributed by atoms with E-state index < -0.39 is 5.60 Å². The summed E-state index contributed by atoms with van der Waals surface area (Å²) in [4.78, 5) is 21.2. The first-order valence-corrected chi connectivity index (χ1v) is 10.6. The summed E-state index contributed by atoms with van der Waals surface area (Å²) in [7, 11) is 1.93. The lowest BCUT2D eigenvalue weighted by Crippen LogP contribution is -2.61. The van der Waals surface area contributed by atoms with Gasteiger partial charge in [0, 0.05) is 57.5 Å². The van der Waals surface area contributed by atoms with E-state index in [0.29, 0.717) is 32.5 Å². The van der Waals surface area contributed by atoms with E-state index >= 15 is 0 Å². The molecule has 0 bridgehead atoms. The van der Waals surface area contributed by atoms with Gasteiger partial charge in [-0.2, -0.15) is 0 Å². The number of imidazole rings is 1. The molecule has 2 saturated heterocycles. The lowest BCUT2D eigenvalue weighted by Gasteiger charge is -2.51. The average molecular weight is 396 g/mol. The number of hydrogen-bond donors (Lipinski definition) is 1. The zero-order chi connectivity index (χ0) is 20.0. The predicted molar refractivity (Wildman–Crippen MR) is 108 cm³/mol. The van der Waals surface area contributed by atoms with Crippen LogP contribution in [0.4, 0.5) is 5.82 Å². The van der Waals surface area contributed by atoms with Crippen molar-refractivity contribution in [2.75, 3.05) is 31.1 Å². The molecule has 3 fully saturated rings. The molecule has 0 aromatic carbocycles. The molecule has 2 aromatic rings. The van der Waals surface area contributed by atoms with Crippen molar-refractivity contribution < 1.29 is 9.90 Å². The zero-order valence-electron chi connectivity index (χ0n) is 16.9. The van der Waals surface area contributed by atoms with Crippen LogP contribution < -0.4 is 4.90 Å². The number of anilines is 1. The van der Waals surface area contributed by atoms with Crippen LogP contribution in [0.15, 0.2) is 24.5 Å². The van der Waals surface area contributed by atoms with Crippen LogP contribution in [-0.2, 0) is 11.8 Å². The van der Waals surface area contributed by atoms with Crippen LogP contribution in [0.2, 0.25) is 0 Å². The van der Waals surface area contributed by atoms with Gasteiger partial charge >= 0.3 is 0 Å². The van der Waals surface area contributed by atoms with Gasteiger partial charge in [-0.25, -0.2) is 4.98 Å². The third-order valence-electron chi connectivity index (χ3n) is 7.06. The van der Waals surface area contributed by atoms with Crippen molar-refractivity contribution in [1.82, 2.24) is 24.6 Å². The van der Waals surface area contributed by atoms with Crippen molar-refractivity contribution in [2.45, 2.75) is 37.7 Å². The standard InChI is InChI=1S/C21H28N6O2/c1-25-12-9-22-19(25)17-5-6-18(24-23-17)26-10-7-21(29)8-11-27(14-16(21)13-26)20(28)15-3-2-4-15/h5-6,9,12,15-16,29H,2-4,7-8,10-11,13-14H2,1H3/t16-,21-/m1/s1. The van der Waals surface area contributed by atoms with Gasteiger partial charge in [-0.05, 0) is 37.8 Å². The second kappa shape index (κ2) is 7.09. The highest BCUT2D eigenvalue weighted by Gasteiger charge is 2.47. The van der Waals surface area contributed by atoms with Gasteiger partial charge < -0.3 is 19.5 Å². The van der Waals surface area contributed by atoms with Crippen LogP contribution in [0.25, 0.3) is 11.5 Å². The number of hydrogen-bond acceptors (Lipinski definition) is 6. The van der Waals surface area contributed by atoms with Crippen molar-refractivity contribution in [3.05, 3.63) is 24.5 Å². The Hall–Kier alpha value is -2.48. The van der Waals surface area contributed by atoms with Crippen LogP contribution in [0.3, 0.4) is 0 Å². The molecule has 8 heteroatoms. The van der Waals surface area contributed by atoms with E-state index in [2.05, 4.69) is 20.1 Å². The molecule has 2 aliphatic heterocycles. The zero-order valence-corrected chi connectivity index (χ0v) is 16.9. The first-order chi connectivity index (χ1) is 14.0. The van der Waals surface area contributed by atoms with E-state index in [4.69, 9.17) is 0 Å². The van der Waals surface area contributed by atoms with Crippen molar-refractivity contribution in [3.8, 4) is 11.5 Å². The molecular weight excluding hydrogens is 368 g/mol. The number of aromatic nitrogens is 4. The van der Waals surface area contributed by atoms with Crippen molar-refractivity contribution in [3.63, 3.8) is 0 Å². The number of nitrogens with zero attached hydrogens (tertiary/aromatic N) is 6. The molecule has 1 aliphatic carbocycles. The van der Waals surface area contributed by atoms with E-state index in [1.165, 1.54) is 6.42 Å². The number of rotatable bonds is 3. The molecule has 1 saturated carbocycles. The number of piperidine rings is 2. The molecule has 0 unspecified atom stereocenters. The summed E-state index contributed by atoms with van der Waals surface area (Å²) in [5.74, 6) is 2.15. The Morgan fingerprint density at radius 3 is 2.66 bits per heavy atom. The van der Waals surface area contributed by atoms with Crippen LogP contribution in [0.1, 0.15) is 32.1 Å². The minimum atomic E-state index is -0.673. The molecule has 4 heterocycles. The second-order valence-corrected chi connectivity index (χ2v) is 8.80. The van der Waals surface area contributed by atoms with Gasteiger partial charge in [0.25, 0.3) is 0 Å². The first-order valence-electron chi connectivity index (χ1n) is 10.6. The summed E-state index contributed by atoms with van der Waals surface area (Å²) in [5.41, 5.74) is 0.0671. The Morgan fingerprint density at radius 2 is 2.00 bits per heavy atom. The van der Waals surface area contributed by atoms with Gasteiger partial charge in [-0.15, -0.1) is 10.2 Å². The highest BCUT2D eigenvalue weighted by atomic mass is 16.3. The van der Waals surface area contributed by atoms with Gasteiger partial charge in [0.05, 0.1) is 5.60 Å². The van der Waals surface area contributed by atoms with Gasteiger partial charge in [0.1, 0.15) is 5.69 Å². The Morgan fingerprint density at radius 1 is 1.17 bits per heavy atom. The molecule has 0 radical (unpaired) electrons. The lowest BCUT2D eigenvalue weighted by molar-refractivity contribution is -0.148. The van der Waals surface area contributed by atoms with Gasteiger partial charge in [0.15, 0.2) is 11.6 Å². The summed E-state index contributed by atoms with van der Waals surface area (Å²) in [6.07, 6.45) is 8.22. The predicted octanol–water partition coefficient (Wildman–Crippen LogP) is 1.47. The fraction of sp³-hybridized carbons (Fsp3) is 0.619. The third kappa shape index (κ3) is 3.29. The fourth-order valence-corrected chi connectivity index (χ4v) is 4.85. The highest BCUT2D eigenvalue weighted by molar-refractivity contribution is 5.79. The monoisotopic (exact) mass is 396 g/mol. The molecule has 5 rings (SSSR count). The Labute approximate surface area is 170 Å². The van der Waals surface area contributed by atoms with Crippen molar-refractivity contribution in [1.29, 1.82) is 0 Å². The Bertz CT molecular complexity index is 893. The quantitative estimate of drug-likeness (QED) is 0.845. The Balaban J connectivity index is 1.29. The van der Waals surface area contributed by atoms with E-state index in [-0.39, 0.29) is 17.7 Å². The van der Waals surface area contributed by atoms with E-state index in [9.17, 15) is 9.90 Å². The molecule has 2 aromatic heterocycles. The normalized spacial score (nSPS) is 27.4. The molecule has 3 aliphatic rings. The van der Waals surface area contributed by atoms with Gasteiger partial charge in [-0.1, -0.05) is 6.42 Å². The van der Waals surface area contributed by atoms with E-state index in [1.54, 1.807) is 6.20 Å². The maximum absolute atomic E-state index is 12.7. The third-order valence-corrected chi connectivity index (χ3v) is 7.06. The van der Waals surface area contributed by atoms with E-state index in [1.807, 2.05) is 34.8 Å². The lowest BCUT2D eigenvalue weighted by atomic mass is 9.75. The molecule has 1 N–H and O–H groups in total. The van der Waals surface area contributed by atoms with Crippen LogP contribution in [-0.4, -0.2) is 67.4 Å². The number of carbonyl (C=O) groups is 1. The Kier molecular flexibility index (Phi) is 4.53. The number of likely N-dealkylation sites (tertiary alicyclic amines) is 1. The maximum Gasteiger partial charge on any atom is 0.225 e. The average Bonchev–Trinajstić information content (AvgIpc) is 3.11. The molecular formula is C21H28N6O2. The summed E-state index contributed by atoms with van der Waals surface area (Å²) in [5, 5.41) is 19.9. The number of amides is 1. The number of aliphatic hydroxyl groups is 1. The molecule has 29 heavy (non-hydrogen) atoms. The van der Waals surface area contributed by atoms with E-state index in [0.717, 1.165) is 36.7 Å². The smallest absolute Gasteiger partial charge is 0.225 e. The summed E-state index contributed by atoms with van der Waals surface area (Å²) in [6, 6.07) is 3.92. The van der Waals surface area contributed by atoms with Crippen molar-refractivity contribution in [2.24, 2.45) is 18.9 Å². The van der Waals surface area contributed by atoms with Crippen LogP contribution in [0.5, 0.6) is 0 Å². The molecule has 2 atom stereocenters. The summed E-state index contributed by atoms with van der Waals surface area (Å²) < 4.78 is 1.92. The topological polar surface area (TPSA) is 87.4 Å². The number of carbonyl (C=O) groups excluding carboxylic acids is 1. The number of fused-ring (bicyclic) bond motifs is 1. The maximum atomic E-state index is 12.7. The van der Waals surface area contributed by atoms with Gasteiger partial charge in [0.2, 0.25) is 5.91 Å². The molecule has 8 nitrogen and oxygen atoms in total. The highest BCUT2D eigenvalue weighted by Crippen LogP contribution is 2.38. The van der Waals surface area contributed by atoms with Gasteiger partial charge in [-0.3, -0.25) is 4.79 Å². The minimum absolute atomic E-state index is 0.0463. The SMILES string of the molecule is Cn1ccnc1-c1ccc(N2CC[C@@]3(O)CCN(C(=O)C4CCC4)C[C@H]3C2)nn1. The van der Waals surface area contributed by atoms with Crippen LogP contribution >= 0.6 is 0 Å². The first kappa shape index (κ1) is 18.5. The van der Waals surface area contributed by atoms with Crippen molar-refractivity contribution >= 4 is 11.7 Å². The second-order valence-electron chi connectivity index (χ2n) is 8.80. The number of aryl methyl sites for hydroxylation is 1. The minimum Gasteiger partial charge on any atom is -0.389 e.